The molecule has 9 heteroatoms. The Morgan fingerprint density at radius 1 is 1.30 bits per heavy atom. The average Bonchev–Trinajstić information content (AvgIpc) is 3.02. The number of nitrogens with zero attached hydrogens (tertiary/aromatic N) is 2. The number of benzene rings is 1. The average molecular weight is 373 g/mol. The number of aromatic nitrogens is 3. The van der Waals surface area contributed by atoms with Gasteiger partial charge in [-0.1, -0.05) is 30.1 Å². The third kappa shape index (κ3) is 2.91. The Morgan fingerprint density at radius 2 is 2.00 bits per heavy atom. The summed E-state index contributed by atoms with van der Waals surface area (Å²) in [5.41, 5.74) is 1.74. The number of anilines is 1. The molecule has 0 atom stereocenters. The number of aryl methyl sites for hydroxylation is 2. The maximum absolute atomic E-state index is 12.7. The largest absolute Gasteiger partial charge is 0.360 e. The Morgan fingerprint density at radius 3 is 2.70 bits per heavy atom. The Hall–Kier alpha value is -1.70. The molecule has 0 bridgehead atoms. The molecule has 0 amide bonds. The lowest BCUT2D eigenvalue weighted by atomic mass is 10.2. The first-order valence-corrected chi connectivity index (χ1v) is 9.07. The highest BCUT2D eigenvalue weighted by Crippen LogP contribution is 2.32. The van der Waals surface area contributed by atoms with Crippen LogP contribution in [-0.4, -0.2) is 23.2 Å². The van der Waals surface area contributed by atoms with E-state index in [1.807, 2.05) is 6.92 Å². The number of fused-ring (bicyclic) bond motifs is 1. The first-order valence-electron chi connectivity index (χ1n) is 6.83. The predicted octanol–water partition coefficient (Wildman–Crippen LogP) is 3.57. The molecule has 122 valence electrons. The van der Waals surface area contributed by atoms with Crippen molar-refractivity contribution < 1.29 is 8.42 Å². The number of H-pyrrole nitrogens is 1. The fourth-order valence-corrected chi connectivity index (χ4v) is 3.96. The zero-order valence-electron chi connectivity index (χ0n) is 12.4. The lowest BCUT2D eigenvalue weighted by Crippen LogP contribution is -2.13. The maximum Gasteiger partial charge on any atom is 0.264 e. The van der Waals surface area contributed by atoms with E-state index >= 15 is 0 Å². The minimum absolute atomic E-state index is 0.108. The van der Waals surface area contributed by atoms with Crippen LogP contribution in [0.5, 0.6) is 0 Å². The van der Waals surface area contributed by atoms with Crippen molar-refractivity contribution in [3.8, 4) is 0 Å². The van der Waals surface area contributed by atoms with Gasteiger partial charge in [0.15, 0.2) is 0 Å². The first kappa shape index (κ1) is 16.2. The van der Waals surface area contributed by atoms with Gasteiger partial charge in [-0.3, -0.25) is 9.40 Å². The van der Waals surface area contributed by atoms with Crippen LogP contribution >= 0.6 is 23.2 Å². The van der Waals surface area contributed by atoms with Gasteiger partial charge in [-0.15, -0.1) is 0 Å². The zero-order valence-corrected chi connectivity index (χ0v) is 14.7. The van der Waals surface area contributed by atoms with Gasteiger partial charge in [0, 0.05) is 30.3 Å². The van der Waals surface area contributed by atoms with Crippen molar-refractivity contribution in [2.75, 3.05) is 4.72 Å². The Kier molecular flexibility index (Phi) is 4.03. The fourth-order valence-electron chi connectivity index (χ4n) is 2.39. The number of nitrogens with one attached hydrogen (secondary N) is 2. The van der Waals surface area contributed by atoms with E-state index < -0.39 is 10.0 Å². The number of halogens is 2. The summed E-state index contributed by atoms with van der Waals surface area (Å²) >= 11 is 12.0. The summed E-state index contributed by atoms with van der Waals surface area (Å²) in [5.74, 6) is 0. The first-order chi connectivity index (χ1) is 10.8. The molecule has 2 heterocycles. The second kappa shape index (κ2) is 5.74. The van der Waals surface area contributed by atoms with Gasteiger partial charge in [0.1, 0.15) is 4.90 Å². The molecule has 0 fully saturated rings. The molecular weight excluding hydrogens is 359 g/mol. The van der Waals surface area contributed by atoms with Crippen molar-refractivity contribution in [2.45, 2.75) is 18.2 Å². The summed E-state index contributed by atoms with van der Waals surface area (Å²) in [7, 11) is -2.04. The van der Waals surface area contributed by atoms with Gasteiger partial charge in [-0.05, 0) is 18.6 Å². The lowest BCUT2D eigenvalue weighted by Gasteiger charge is -2.06. The van der Waals surface area contributed by atoms with Gasteiger partial charge >= 0.3 is 0 Å². The van der Waals surface area contributed by atoms with Crippen LogP contribution in [0.2, 0.25) is 10.0 Å². The number of hydrogen-bond acceptors (Lipinski definition) is 3. The van der Waals surface area contributed by atoms with E-state index in [2.05, 4.69) is 14.8 Å². The molecular formula is C14H14Cl2N4O2S. The van der Waals surface area contributed by atoms with Gasteiger partial charge in [0.25, 0.3) is 10.0 Å². The molecule has 2 N–H and O–H groups in total. The van der Waals surface area contributed by atoms with E-state index in [4.69, 9.17) is 23.2 Å². The highest BCUT2D eigenvalue weighted by molar-refractivity contribution is 7.93. The Labute approximate surface area is 143 Å². The van der Waals surface area contributed by atoms with Gasteiger partial charge < -0.3 is 4.98 Å². The van der Waals surface area contributed by atoms with Gasteiger partial charge in [0.2, 0.25) is 0 Å². The van der Waals surface area contributed by atoms with Crippen LogP contribution in [0.4, 0.5) is 5.69 Å². The van der Waals surface area contributed by atoms with Gasteiger partial charge in [-0.2, -0.15) is 5.10 Å². The predicted molar refractivity (Wildman–Crippen MR) is 91.7 cm³/mol. The van der Waals surface area contributed by atoms with Crippen molar-refractivity contribution >= 4 is 49.8 Å². The van der Waals surface area contributed by atoms with Crippen molar-refractivity contribution in [3.05, 3.63) is 40.3 Å². The topological polar surface area (TPSA) is 79.8 Å². The molecule has 0 unspecified atom stereocenters. The normalized spacial score (nSPS) is 12.0. The number of hydrogen-bond donors (Lipinski definition) is 2. The third-order valence-electron chi connectivity index (χ3n) is 3.46. The van der Waals surface area contributed by atoms with E-state index in [0.717, 1.165) is 0 Å². The second-order valence-corrected chi connectivity index (χ2v) is 7.55. The van der Waals surface area contributed by atoms with E-state index in [0.29, 0.717) is 38.8 Å². The second-order valence-electron chi connectivity index (χ2n) is 5.09. The highest BCUT2D eigenvalue weighted by atomic mass is 35.5. The standard InChI is InChI=1S/C14H14Cl2N4O2S/c1-3-11-13(7-20(2)18-11)19-23(21,22)14-6-17-12-5-10(16)9(15)4-8(12)14/h4-7,17,19H,3H2,1-2H3. The molecule has 0 aliphatic heterocycles. The Bertz CT molecular complexity index is 992. The molecule has 0 saturated heterocycles. The number of sulfonamides is 1. The van der Waals surface area contributed by atoms with E-state index in [9.17, 15) is 8.42 Å². The zero-order chi connectivity index (χ0) is 16.8. The molecule has 0 saturated carbocycles. The molecule has 3 aromatic rings. The third-order valence-corrected chi connectivity index (χ3v) is 5.59. The molecule has 0 aliphatic rings. The maximum atomic E-state index is 12.7. The van der Waals surface area contributed by atoms with E-state index in [-0.39, 0.29) is 4.90 Å². The molecule has 0 aliphatic carbocycles. The van der Waals surface area contributed by atoms with E-state index in [1.165, 1.54) is 12.3 Å². The minimum atomic E-state index is -3.78. The van der Waals surface area contributed by atoms with Crippen LogP contribution in [0.3, 0.4) is 0 Å². The number of aromatic amines is 1. The molecule has 0 spiro atoms. The molecule has 3 rings (SSSR count). The molecule has 6 nitrogen and oxygen atoms in total. The summed E-state index contributed by atoms with van der Waals surface area (Å²) in [6.07, 6.45) is 3.67. The van der Waals surface area contributed by atoms with Crippen LogP contribution < -0.4 is 4.72 Å². The van der Waals surface area contributed by atoms with Gasteiger partial charge in [-0.25, -0.2) is 8.42 Å². The molecule has 1 aromatic carbocycles. The molecule has 0 radical (unpaired) electrons. The van der Waals surface area contributed by atoms with Crippen molar-refractivity contribution in [3.63, 3.8) is 0 Å². The van der Waals surface area contributed by atoms with Crippen LogP contribution in [0.15, 0.2) is 29.4 Å². The van der Waals surface area contributed by atoms with Crippen LogP contribution in [0.25, 0.3) is 10.9 Å². The van der Waals surface area contributed by atoms with Gasteiger partial charge in [0.05, 0.1) is 21.4 Å². The Balaban J connectivity index is 2.08. The summed E-state index contributed by atoms with van der Waals surface area (Å²) in [4.78, 5) is 3.01. The van der Waals surface area contributed by atoms with Crippen LogP contribution in [0, 0.1) is 0 Å². The summed E-state index contributed by atoms with van der Waals surface area (Å²) in [6.45, 7) is 1.91. The monoisotopic (exact) mass is 372 g/mol. The fraction of sp³-hybridized carbons (Fsp3) is 0.214. The quantitative estimate of drug-likeness (QED) is 0.734. The lowest BCUT2D eigenvalue weighted by molar-refractivity contribution is 0.602. The smallest absolute Gasteiger partial charge is 0.264 e. The van der Waals surface area contributed by atoms with Crippen molar-refractivity contribution in [1.29, 1.82) is 0 Å². The SMILES string of the molecule is CCc1nn(C)cc1NS(=O)(=O)c1c[nH]c2cc(Cl)c(Cl)cc12. The summed E-state index contributed by atoms with van der Waals surface area (Å²) in [6, 6.07) is 3.13. The molecule has 2 aromatic heterocycles. The highest BCUT2D eigenvalue weighted by Gasteiger charge is 2.22. The summed E-state index contributed by atoms with van der Waals surface area (Å²) in [5, 5.41) is 5.36. The van der Waals surface area contributed by atoms with Crippen LogP contribution in [-0.2, 0) is 23.5 Å². The van der Waals surface area contributed by atoms with E-state index in [1.54, 1.807) is 24.0 Å². The molecule has 23 heavy (non-hydrogen) atoms. The van der Waals surface area contributed by atoms with Crippen LogP contribution in [0.1, 0.15) is 12.6 Å². The minimum Gasteiger partial charge on any atom is -0.360 e. The van der Waals surface area contributed by atoms with Crippen molar-refractivity contribution in [2.24, 2.45) is 7.05 Å². The van der Waals surface area contributed by atoms with Crippen molar-refractivity contribution in [1.82, 2.24) is 14.8 Å². The summed E-state index contributed by atoms with van der Waals surface area (Å²) < 4.78 is 29.6. The number of rotatable bonds is 4.